The number of aryl methyl sites for hydroxylation is 1. The summed E-state index contributed by atoms with van der Waals surface area (Å²) in [4.78, 5) is 16.4. The van der Waals surface area contributed by atoms with Crippen molar-refractivity contribution in [3.63, 3.8) is 0 Å². The fourth-order valence-corrected chi connectivity index (χ4v) is 2.39. The largest absolute Gasteiger partial charge is 0.387 e. The topological polar surface area (TPSA) is 54.0 Å². The van der Waals surface area contributed by atoms with E-state index in [0.29, 0.717) is 5.56 Å². The summed E-state index contributed by atoms with van der Waals surface area (Å²) in [5.74, 6) is 0.865. The number of amides is 1. The quantitative estimate of drug-likeness (QED) is 0.830. The highest BCUT2D eigenvalue weighted by Crippen LogP contribution is 2.15. The van der Waals surface area contributed by atoms with Gasteiger partial charge in [-0.1, -0.05) is 6.92 Å². The molecule has 0 spiro atoms. The van der Waals surface area contributed by atoms with E-state index in [0.717, 1.165) is 23.6 Å². The third-order valence-corrected chi connectivity index (χ3v) is 3.49. The van der Waals surface area contributed by atoms with Crippen molar-refractivity contribution in [3.8, 4) is 0 Å². The number of carbonyl (C=O) groups is 1. The van der Waals surface area contributed by atoms with E-state index in [2.05, 4.69) is 22.5 Å². The molecule has 0 aromatic carbocycles. The second kappa shape index (κ2) is 7.26. The van der Waals surface area contributed by atoms with Crippen LogP contribution in [0.1, 0.15) is 29.4 Å². The Morgan fingerprint density at radius 3 is 2.83 bits per heavy atom. The molecule has 1 atom stereocenters. The molecule has 0 radical (unpaired) electrons. The Morgan fingerprint density at radius 1 is 1.56 bits per heavy atom. The van der Waals surface area contributed by atoms with Crippen molar-refractivity contribution in [2.24, 2.45) is 0 Å². The van der Waals surface area contributed by atoms with E-state index in [1.165, 1.54) is 0 Å². The van der Waals surface area contributed by atoms with Gasteiger partial charge in [0.25, 0.3) is 5.91 Å². The lowest BCUT2D eigenvalue weighted by Gasteiger charge is -2.17. The molecule has 1 heterocycles. The van der Waals surface area contributed by atoms with Crippen LogP contribution in [0.5, 0.6) is 0 Å². The zero-order chi connectivity index (χ0) is 13.5. The monoisotopic (exact) mass is 267 g/mol. The van der Waals surface area contributed by atoms with Crippen LogP contribution in [0.2, 0.25) is 0 Å². The summed E-state index contributed by atoms with van der Waals surface area (Å²) < 4.78 is 0. The maximum atomic E-state index is 12.2. The summed E-state index contributed by atoms with van der Waals surface area (Å²) in [7, 11) is 1.81. The summed E-state index contributed by atoms with van der Waals surface area (Å²) in [6, 6.07) is 2.09. The summed E-state index contributed by atoms with van der Waals surface area (Å²) in [6.45, 7) is 3.98. The number of carbonyl (C=O) groups excluding carboxylic acids is 1. The van der Waals surface area contributed by atoms with Gasteiger partial charge in [-0.3, -0.25) is 9.78 Å². The van der Waals surface area contributed by atoms with E-state index in [1.54, 1.807) is 18.0 Å². The van der Waals surface area contributed by atoms with Crippen LogP contribution in [0, 0.1) is 6.92 Å². The number of rotatable bonds is 6. The third-order valence-electron chi connectivity index (χ3n) is 2.75. The normalized spacial score (nSPS) is 12.0. The Kier molecular flexibility index (Phi) is 5.98. The highest BCUT2D eigenvalue weighted by Gasteiger charge is 2.15. The van der Waals surface area contributed by atoms with Gasteiger partial charge in [-0.15, -0.1) is 0 Å². The molecular weight excluding hydrogens is 246 g/mol. The zero-order valence-corrected chi connectivity index (χ0v) is 12.2. The maximum Gasteiger partial charge on any atom is 0.255 e. The Bertz CT molecular complexity index is 409. The summed E-state index contributed by atoms with van der Waals surface area (Å²) >= 11 is 1.74. The van der Waals surface area contributed by atoms with Crippen LogP contribution in [0.25, 0.3) is 0 Å². The van der Waals surface area contributed by atoms with Crippen LogP contribution in [0.4, 0.5) is 5.69 Å². The van der Waals surface area contributed by atoms with Crippen molar-refractivity contribution >= 4 is 23.4 Å². The minimum atomic E-state index is -0.0623. The molecule has 1 aromatic heterocycles. The second-order valence-corrected chi connectivity index (χ2v) is 5.07. The molecule has 2 N–H and O–H groups in total. The van der Waals surface area contributed by atoms with Crippen molar-refractivity contribution in [2.75, 3.05) is 24.4 Å². The Balaban J connectivity index is 2.83. The average molecular weight is 267 g/mol. The highest BCUT2D eigenvalue weighted by atomic mass is 32.2. The second-order valence-electron chi connectivity index (χ2n) is 4.16. The molecule has 0 aliphatic rings. The van der Waals surface area contributed by atoms with Gasteiger partial charge < -0.3 is 10.6 Å². The molecule has 0 bridgehead atoms. The first kappa shape index (κ1) is 14.8. The van der Waals surface area contributed by atoms with Crippen molar-refractivity contribution in [3.05, 3.63) is 23.5 Å². The molecule has 0 saturated carbocycles. The lowest BCUT2D eigenvalue weighted by Crippen LogP contribution is -2.36. The van der Waals surface area contributed by atoms with Gasteiger partial charge in [0, 0.05) is 30.7 Å². The molecule has 5 heteroatoms. The first-order valence-electron chi connectivity index (χ1n) is 6.06. The molecule has 1 amide bonds. The SMILES string of the molecule is CCC(CSC)NC(=O)c1cnc(C)cc1NC. The van der Waals surface area contributed by atoms with Crippen molar-refractivity contribution in [1.82, 2.24) is 10.3 Å². The molecular formula is C13H21N3OS. The first-order valence-corrected chi connectivity index (χ1v) is 7.46. The first-order chi connectivity index (χ1) is 8.62. The van der Waals surface area contributed by atoms with Crippen LogP contribution < -0.4 is 10.6 Å². The van der Waals surface area contributed by atoms with E-state index in [9.17, 15) is 4.79 Å². The van der Waals surface area contributed by atoms with Crippen LogP contribution >= 0.6 is 11.8 Å². The number of anilines is 1. The number of hydrogen-bond acceptors (Lipinski definition) is 4. The molecule has 1 aromatic rings. The minimum Gasteiger partial charge on any atom is -0.387 e. The maximum absolute atomic E-state index is 12.2. The smallest absolute Gasteiger partial charge is 0.255 e. The van der Waals surface area contributed by atoms with E-state index < -0.39 is 0 Å². The fraction of sp³-hybridized carbons (Fsp3) is 0.538. The van der Waals surface area contributed by atoms with Crippen LogP contribution in [0.3, 0.4) is 0 Å². The summed E-state index contributed by atoms with van der Waals surface area (Å²) in [6.07, 6.45) is 4.60. The number of aromatic nitrogens is 1. The number of nitrogens with zero attached hydrogens (tertiary/aromatic N) is 1. The van der Waals surface area contributed by atoms with Gasteiger partial charge in [0.1, 0.15) is 0 Å². The van der Waals surface area contributed by atoms with Crippen LogP contribution in [-0.2, 0) is 0 Å². The Morgan fingerprint density at radius 2 is 2.28 bits per heavy atom. The number of pyridine rings is 1. The number of hydrogen-bond donors (Lipinski definition) is 2. The molecule has 1 rings (SSSR count). The third kappa shape index (κ3) is 3.91. The van der Waals surface area contributed by atoms with Crippen molar-refractivity contribution < 1.29 is 4.79 Å². The van der Waals surface area contributed by atoms with Gasteiger partial charge in [-0.05, 0) is 25.7 Å². The Labute approximate surface area is 113 Å². The molecule has 0 aliphatic heterocycles. The van der Waals surface area contributed by atoms with E-state index >= 15 is 0 Å². The number of nitrogens with one attached hydrogen (secondary N) is 2. The van der Waals surface area contributed by atoms with Crippen molar-refractivity contribution in [2.45, 2.75) is 26.3 Å². The van der Waals surface area contributed by atoms with Gasteiger partial charge in [0.2, 0.25) is 0 Å². The predicted octanol–water partition coefficient (Wildman–Crippen LogP) is 2.30. The fourth-order valence-electron chi connectivity index (χ4n) is 1.67. The molecule has 100 valence electrons. The lowest BCUT2D eigenvalue weighted by molar-refractivity contribution is 0.0940. The van der Waals surface area contributed by atoms with E-state index in [1.807, 2.05) is 26.3 Å². The summed E-state index contributed by atoms with van der Waals surface area (Å²) in [5, 5.41) is 6.07. The minimum absolute atomic E-state index is 0.0623. The van der Waals surface area contributed by atoms with Gasteiger partial charge in [0.15, 0.2) is 0 Å². The summed E-state index contributed by atoms with van der Waals surface area (Å²) in [5.41, 5.74) is 2.31. The van der Waals surface area contributed by atoms with Gasteiger partial charge in [-0.2, -0.15) is 11.8 Å². The standard InChI is InChI=1S/C13H21N3OS/c1-5-10(8-18-4)16-13(17)11-7-15-9(2)6-12(11)14-3/h6-7,10H,5,8H2,1-4H3,(H,14,15)(H,16,17). The molecule has 0 fully saturated rings. The molecule has 18 heavy (non-hydrogen) atoms. The van der Waals surface area contributed by atoms with Gasteiger partial charge in [0.05, 0.1) is 11.3 Å². The molecule has 0 aliphatic carbocycles. The van der Waals surface area contributed by atoms with E-state index in [4.69, 9.17) is 0 Å². The van der Waals surface area contributed by atoms with Crippen molar-refractivity contribution in [1.29, 1.82) is 0 Å². The molecule has 0 saturated heterocycles. The van der Waals surface area contributed by atoms with Gasteiger partial charge in [-0.25, -0.2) is 0 Å². The van der Waals surface area contributed by atoms with Gasteiger partial charge >= 0.3 is 0 Å². The van der Waals surface area contributed by atoms with Crippen LogP contribution in [-0.4, -0.2) is 36.0 Å². The Hall–Kier alpha value is -1.23. The lowest BCUT2D eigenvalue weighted by atomic mass is 10.1. The van der Waals surface area contributed by atoms with E-state index in [-0.39, 0.29) is 11.9 Å². The zero-order valence-electron chi connectivity index (χ0n) is 11.4. The van der Waals surface area contributed by atoms with Crippen LogP contribution in [0.15, 0.2) is 12.3 Å². The average Bonchev–Trinajstić information content (AvgIpc) is 2.37. The number of thioether (sulfide) groups is 1. The predicted molar refractivity (Wildman–Crippen MR) is 78.4 cm³/mol. The highest BCUT2D eigenvalue weighted by molar-refractivity contribution is 7.98. The molecule has 4 nitrogen and oxygen atoms in total. The molecule has 1 unspecified atom stereocenters.